The van der Waals surface area contributed by atoms with Gasteiger partial charge in [-0.25, -0.2) is 13.1 Å². The van der Waals surface area contributed by atoms with Crippen molar-refractivity contribution in [3.8, 4) is 0 Å². The molecule has 140 valence electrons. The van der Waals surface area contributed by atoms with E-state index in [1.165, 1.54) is 29.9 Å². The molecule has 0 saturated heterocycles. The summed E-state index contributed by atoms with van der Waals surface area (Å²) in [6, 6.07) is 10.1. The van der Waals surface area contributed by atoms with Crippen LogP contribution in [0.2, 0.25) is 0 Å². The molecule has 0 spiro atoms. The Morgan fingerprint density at radius 2 is 2.00 bits per heavy atom. The highest BCUT2D eigenvalue weighted by Crippen LogP contribution is 2.24. The number of hydrogen-bond donors (Lipinski definition) is 2. The van der Waals surface area contributed by atoms with E-state index in [9.17, 15) is 13.2 Å². The van der Waals surface area contributed by atoms with Gasteiger partial charge in [0.15, 0.2) is 0 Å². The Kier molecular flexibility index (Phi) is 6.11. The van der Waals surface area contributed by atoms with Gasteiger partial charge >= 0.3 is 0 Å². The van der Waals surface area contributed by atoms with E-state index < -0.39 is 10.0 Å². The summed E-state index contributed by atoms with van der Waals surface area (Å²) in [7, 11) is -3.66. The SMILES string of the molecule is C[C@H]1CCCC[C@H]1NC(=O)c1cccc(S(=O)(=O)NCc2cccs2)c1. The second kappa shape index (κ2) is 8.33. The van der Waals surface area contributed by atoms with E-state index in [4.69, 9.17) is 0 Å². The fraction of sp³-hybridized carbons (Fsp3) is 0.421. The first-order valence-corrected chi connectivity index (χ1v) is 11.2. The molecule has 0 radical (unpaired) electrons. The number of sulfonamides is 1. The maximum Gasteiger partial charge on any atom is 0.251 e. The number of nitrogens with one attached hydrogen (secondary N) is 2. The number of amides is 1. The third-order valence-electron chi connectivity index (χ3n) is 4.85. The first-order chi connectivity index (χ1) is 12.5. The normalized spacial score (nSPS) is 20.7. The molecule has 1 aromatic carbocycles. The number of thiophene rings is 1. The number of rotatable bonds is 6. The van der Waals surface area contributed by atoms with Gasteiger partial charge in [0.1, 0.15) is 0 Å². The lowest BCUT2D eigenvalue weighted by atomic mass is 9.86. The molecule has 1 amide bonds. The Morgan fingerprint density at radius 3 is 2.73 bits per heavy atom. The van der Waals surface area contributed by atoms with Crippen LogP contribution in [0.1, 0.15) is 47.8 Å². The smallest absolute Gasteiger partial charge is 0.251 e. The molecule has 5 nitrogen and oxygen atoms in total. The van der Waals surface area contributed by atoms with E-state index in [1.54, 1.807) is 12.1 Å². The lowest BCUT2D eigenvalue weighted by Gasteiger charge is -2.29. The van der Waals surface area contributed by atoms with Crippen LogP contribution >= 0.6 is 11.3 Å². The van der Waals surface area contributed by atoms with Crippen molar-refractivity contribution in [2.24, 2.45) is 5.92 Å². The molecule has 1 aliphatic carbocycles. The lowest BCUT2D eigenvalue weighted by Crippen LogP contribution is -2.41. The highest BCUT2D eigenvalue weighted by Gasteiger charge is 2.24. The maximum absolute atomic E-state index is 12.6. The van der Waals surface area contributed by atoms with Crippen molar-refractivity contribution in [2.75, 3.05) is 0 Å². The summed E-state index contributed by atoms with van der Waals surface area (Å²) >= 11 is 1.50. The molecular formula is C19H24N2O3S2. The zero-order valence-electron chi connectivity index (χ0n) is 14.8. The van der Waals surface area contributed by atoms with Crippen LogP contribution in [0.5, 0.6) is 0 Å². The monoisotopic (exact) mass is 392 g/mol. The Labute approximate surface area is 158 Å². The Balaban J connectivity index is 1.69. The Morgan fingerprint density at radius 1 is 1.19 bits per heavy atom. The maximum atomic E-state index is 12.6. The van der Waals surface area contributed by atoms with Crippen molar-refractivity contribution in [1.29, 1.82) is 0 Å². The third-order valence-corrected chi connectivity index (χ3v) is 7.13. The molecule has 1 fully saturated rings. The first-order valence-electron chi connectivity index (χ1n) is 8.89. The molecule has 1 saturated carbocycles. The minimum absolute atomic E-state index is 0.110. The molecule has 2 N–H and O–H groups in total. The van der Waals surface area contributed by atoms with Gasteiger partial charge in [0, 0.05) is 23.0 Å². The first kappa shape index (κ1) is 19.1. The zero-order valence-corrected chi connectivity index (χ0v) is 16.4. The second-order valence-corrected chi connectivity index (χ2v) is 9.57. The molecule has 1 aromatic heterocycles. The fourth-order valence-electron chi connectivity index (χ4n) is 3.25. The second-order valence-electron chi connectivity index (χ2n) is 6.77. The van der Waals surface area contributed by atoms with Crippen LogP contribution in [0.3, 0.4) is 0 Å². The summed E-state index contributed by atoms with van der Waals surface area (Å²) < 4.78 is 27.6. The zero-order chi connectivity index (χ0) is 18.6. The number of carbonyl (C=O) groups is 1. The minimum atomic E-state index is -3.66. The molecule has 1 aliphatic rings. The van der Waals surface area contributed by atoms with E-state index in [2.05, 4.69) is 17.0 Å². The van der Waals surface area contributed by atoms with Crippen molar-refractivity contribution in [1.82, 2.24) is 10.0 Å². The lowest BCUT2D eigenvalue weighted by molar-refractivity contribution is 0.0910. The van der Waals surface area contributed by atoms with E-state index >= 15 is 0 Å². The average Bonchev–Trinajstić information content (AvgIpc) is 3.16. The number of carbonyl (C=O) groups excluding carboxylic acids is 1. The molecular weight excluding hydrogens is 368 g/mol. The molecule has 0 bridgehead atoms. The fourth-order valence-corrected chi connectivity index (χ4v) is 5.04. The van der Waals surface area contributed by atoms with Crippen molar-refractivity contribution in [3.05, 3.63) is 52.2 Å². The molecule has 2 aromatic rings. The molecule has 26 heavy (non-hydrogen) atoms. The third kappa shape index (κ3) is 4.72. The molecule has 0 aliphatic heterocycles. The van der Waals surface area contributed by atoms with Gasteiger partial charge in [-0.15, -0.1) is 11.3 Å². The van der Waals surface area contributed by atoms with Gasteiger partial charge in [0.2, 0.25) is 10.0 Å². The van der Waals surface area contributed by atoms with Crippen molar-refractivity contribution in [2.45, 2.75) is 50.1 Å². The van der Waals surface area contributed by atoms with Crippen LogP contribution in [-0.2, 0) is 16.6 Å². The van der Waals surface area contributed by atoms with Gasteiger partial charge in [-0.2, -0.15) is 0 Å². The predicted molar refractivity (Wildman–Crippen MR) is 104 cm³/mol. The van der Waals surface area contributed by atoms with Gasteiger partial charge in [0.05, 0.1) is 4.90 Å². The topological polar surface area (TPSA) is 75.3 Å². The van der Waals surface area contributed by atoms with Crippen LogP contribution in [0, 0.1) is 5.92 Å². The van der Waals surface area contributed by atoms with Gasteiger partial charge in [0.25, 0.3) is 5.91 Å². The van der Waals surface area contributed by atoms with Gasteiger partial charge in [-0.1, -0.05) is 31.9 Å². The Bertz CT molecular complexity index is 847. The van der Waals surface area contributed by atoms with E-state index in [-0.39, 0.29) is 23.4 Å². The quantitative estimate of drug-likeness (QED) is 0.790. The van der Waals surface area contributed by atoms with Crippen molar-refractivity contribution < 1.29 is 13.2 Å². The van der Waals surface area contributed by atoms with Gasteiger partial charge in [-0.3, -0.25) is 4.79 Å². The predicted octanol–water partition coefficient (Wildman–Crippen LogP) is 3.54. The Hall–Kier alpha value is -1.70. The molecule has 0 unspecified atom stereocenters. The van der Waals surface area contributed by atoms with Crippen LogP contribution in [0.25, 0.3) is 0 Å². The van der Waals surface area contributed by atoms with Crippen molar-refractivity contribution >= 4 is 27.3 Å². The van der Waals surface area contributed by atoms with Crippen LogP contribution in [0.4, 0.5) is 0 Å². The van der Waals surface area contributed by atoms with Gasteiger partial charge < -0.3 is 5.32 Å². The van der Waals surface area contributed by atoms with Crippen LogP contribution in [0.15, 0.2) is 46.7 Å². The molecule has 3 rings (SSSR count). The highest BCUT2D eigenvalue weighted by molar-refractivity contribution is 7.89. The van der Waals surface area contributed by atoms with Crippen LogP contribution in [-0.4, -0.2) is 20.4 Å². The van der Waals surface area contributed by atoms with Crippen LogP contribution < -0.4 is 10.0 Å². The number of hydrogen-bond acceptors (Lipinski definition) is 4. The average molecular weight is 393 g/mol. The summed E-state index contributed by atoms with van der Waals surface area (Å²) in [6.45, 7) is 2.40. The van der Waals surface area contributed by atoms with E-state index in [0.29, 0.717) is 11.5 Å². The standard InChI is InChI=1S/C19H24N2O3S2/c1-14-6-2-3-10-18(14)21-19(22)15-7-4-9-17(12-15)26(23,24)20-13-16-8-5-11-25-16/h4-5,7-9,11-12,14,18,20H,2-3,6,10,13H2,1H3,(H,21,22)/t14-,18+/m0/s1. The summed E-state index contributed by atoms with van der Waals surface area (Å²) in [5, 5.41) is 4.97. The summed E-state index contributed by atoms with van der Waals surface area (Å²) in [6.07, 6.45) is 4.42. The highest BCUT2D eigenvalue weighted by atomic mass is 32.2. The number of benzene rings is 1. The molecule has 2 atom stereocenters. The van der Waals surface area contributed by atoms with Gasteiger partial charge in [-0.05, 0) is 48.4 Å². The van der Waals surface area contributed by atoms with Crippen molar-refractivity contribution in [3.63, 3.8) is 0 Å². The molecule has 1 heterocycles. The summed E-state index contributed by atoms with van der Waals surface area (Å²) in [5.74, 6) is 0.242. The van der Waals surface area contributed by atoms with E-state index in [1.807, 2.05) is 17.5 Å². The minimum Gasteiger partial charge on any atom is -0.349 e. The summed E-state index contributed by atoms with van der Waals surface area (Å²) in [5.41, 5.74) is 0.377. The largest absolute Gasteiger partial charge is 0.349 e. The summed E-state index contributed by atoms with van der Waals surface area (Å²) in [4.78, 5) is 13.6. The molecule has 7 heteroatoms. The van der Waals surface area contributed by atoms with E-state index in [0.717, 1.165) is 24.1 Å².